The Labute approximate surface area is 105 Å². The number of nitrogens with zero attached hydrogens (tertiary/aromatic N) is 3. The van der Waals surface area contributed by atoms with Gasteiger partial charge in [-0.15, -0.1) is 0 Å². The second-order valence-corrected chi connectivity index (χ2v) is 4.94. The van der Waals surface area contributed by atoms with Crippen molar-refractivity contribution in [2.24, 2.45) is 0 Å². The van der Waals surface area contributed by atoms with Crippen LogP contribution in [0.2, 0.25) is 0 Å². The van der Waals surface area contributed by atoms with Crippen molar-refractivity contribution in [3.8, 4) is 0 Å². The van der Waals surface area contributed by atoms with Crippen molar-refractivity contribution >= 4 is 37.5 Å². The number of hydrogen-bond acceptors (Lipinski definition) is 4. The van der Waals surface area contributed by atoms with Crippen LogP contribution in [0.3, 0.4) is 0 Å². The summed E-state index contributed by atoms with van der Waals surface area (Å²) in [6, 6.07) is 11.1. The summed E-state index contributed by atoms with van der Waals surface area (Å²) in [4.78, 5) is 22.8. The number of fused-ring (bicyclic) bond motifs is 4. The van der Waals surface area contributed by atoms with Gasteiger partial charge in [0.25, 0.3) is 5.56 Å². The van der Waals surface area contributed by atoms with Crippen LogP contribution in [-0.2, 0) is 0 Å². The summed E-state index contributed by atoms with van der Waals surface area (Å²) >= 11 is 1.43. The third-order valence-corrected chi connectivity index (χ3v) is 3.89. The monoisotopic (exact) mass is 253 g/mol. The van der Waals surface area contributed by atoms with Crippen molar-refractivity contribution < 1.29 is 0 Å². The number of para-hydroxylation sites is 1. The Kier molecular flexibility index (Phi) is 1.82. The van der Waals surface area contributed by atoms with E-state index in [1.807, 2.05) is 30.3 Å². The highest BCUT2D eigenvalue weighted by Gasteiger charge is 2.10. The molecular weight excluding hydrogens is 246 g/mol. The van der Waals surface area contributed by atoms with E-state index in [9.17, 15) is 4.79 Å². The van der Waals surface area contributed by atoms with Gasteiger partial charge in [-0.05, 0) is 24.3 Å². The largest absolute Gasteiger partial charge is 0.268 e. The first-order valence-corrected chi connectivity index (χ1v) is 6.31. The second-order valence-electron chi connectivity index (χ2n) is 3.98. The highest BCUT2D eigenvalue weighted by Crippen LogP contribution is 2.22. The minimum absolute atomic E-state index is 0.0325. The normalized spacial score (nSPS) is 11.6. The van der Waals surface area contributed by atoms with Crippen LogP contribution in [-0.4, -0.2) is 14.4 Å². The standard InChI is InChI=1S/C13H7N3OS/c17-12-8-4-1-2-5-9(8)15-13-16(12)10-6-3-7-14-11(10)18-13/h1-7H. The fourth-order valence-corrected chi connectivity index (χ4v) is 3.08. The van der Waals surface area contributed by atoms with Crippen LogP contribution in [0.15, 0.2) is 47.4 Å². The zero-order valence-electron chi connectivity index (χ0n) is 9.20. The first kappa shape index (κ1) is 9.73. The number of benzene rings is 1. The highest BCUT2D eigenvalue weighted by atomic mass is 32.1. The molecule has 0 N–H and O–H groups in total. The molecule has 0 unspecified atom stereocenters. The van der Waals surface area contributed by atoms with Crippen molar-refractivity contribution in [2.45, 2.75) is 0 Å². The molecule has 0 bridgehead atoms. The van der Waals surface area contributed by atoms with Crippen LogP contribution in [0.25, 0.3) is 26.2 Å². The number of aromatic nitrogens is 3. The molecule has 0 saturated carbocycles. The Morgan fingerprint density at radius 3 is 2.94 bits per heavy atom. The SMILES string of the molecule is O=c1c2ccccc2nc2sc3ncccc3n12. The molecule has 0 radical (unpaired) electrons. The Bertz CT molecular complexity index is 955. The number of thiazole rings is 1. The van der Waals surface area contributed by atoms with Gasteiger partial charge < -0.3 is 0 Å². The Morgan fingerprint density at radius 2 is 2.00 bits per heavy atom. The third-order valence-electron chi connectivity index (χ3n) is 2.92. The Morgan fingerprint density at radius 1 is 1.11 bits per heavy atom. The fraction of sp³-hybridized carbons (Fsp3) is 0. The molecule has 0 amide bonds. The van der Waals surface area contributed by atoms with Gasteiger partial charge in [0.05, 0.1) is 16.4 Å². The van der Waals surface area contributed by atoms with Crippen molar-refractivity contribution in [3.63, 3.8) is 0 Å². The molecule has 5 heteroatoms. The van der Waals surface area contributed by atoms with E-state index in [4.69, 9.17) is 0 Å². The summed E-state index contributed by atoms with van der Waals surface area (Å²) in [5.41, 5.74) is 1.52. The van der Waals surface area contributed by atoms with Gasteiger partial charge in [0, 0.05) is 6.20 Å². The Hall–Kier alpha value is -2.27. The minimum Gasteiger partial charge on any atom is -0.268 e. The molecule has 0 aliphatic rings. The summed E-state index contributed by atoms with van der Waals surface area (Å²) in [5.74, 6) is 0. The molecule has 3 aromatic heterocycles. The molecule has 0 fully saturated rings. The van der Waals surface area contributed by atoms with E-state index < -0.39 is 0 Å². The van der Waals surface area contributed by atoms with Crippen LogP contribution in [0.4, 0.5) is 0 Å². The Balaban J connectivity index is 2.39. The molecule has 86 valence electrons. The molecule has 4 rings (SSSR count). The zero-order chi connectivity index (χ0) is 12.1. The molecule has 0 saturated heterocycles. The lowest BCUT2D eigenvalue weighted by atomic mass is 10.2. The van der Waals surface area contributed by atoms with Gasteiger partial charge in [-0.1, -0.05) is 23.5 Å². The van der Waals surface area contributed by atoms with Crippen molar-refractivity contribution in [3.05, 3.63) is 52.9 Å². The van der Waals surface area contributed by atoms with E-state index in [2.05, 4.69) is 9.97 Å². The molecule has 0 atom stereocenters. The quantitative estimate of drug-likeness (QED) is 0.483. The number of pyridine rings is 1. The highest BCUT2D eigenvalue weighted by molar-refractivity contribution is 7.23. The minimum atomic E-state index is -0.0325. The average molecular weight is 253 g/mol. The van der Waals surface area contributed by atoms with E-state index in [-0.39, 0.29) is 5.56 Å². The van der Waals surface area contributed by atoms with Gasteiger partial charge in [0.2, 0.25) is 0 Å². The molecule has 0 aliphatic carbocycles. The maximum Gasteiger partial charge on any atom is 0.266 e. The van der Waals surface area contributed by atoms with Crippen molar-refractivity contribution in [1.82, 2.24) is 14.4 Å². The molecule has 0 spiro atoms. The van der Waals surface area contributed by atoms with E-state index in [0.29, 0.717) is 10.3 Å². The van der Waals surface area contributed by atoms with Crippen LogP contribution in [0.1, 0.15) is 0 Å². The van der Waals surface area contributed by atoms with Crippen LogP contribution in [0.5, 0.6) is 0 Å². The van der Waals surface area contributed by atoms with Gasteiger partial charge in [0.1, 0.15) is 4.83 Å². The molecule has 18 heavy (non-hydrogen) atoms. The van der Waals surface area contributed by atoms with E-state index in [1.165, 1.54) is 11.3 Å². The first-order valence-electron chi connectivity index (χ1n) is 5.49. The zero-order valence-corrected chi connectivity index (χ0v) is 10.0. The second kappa shape index (κ2) is 3.36. The topological polar surface area (TPSA) is 47.3 Å². The predicted molar refractivity (Wildman–Crippen MR) is 72.1 cm³/mol. The lowest BCUT2D eigenvalue weighted by Gasteiger charge is -1.98. The molecular formula is C13H7N3OS. The van der Waals surface area contributed by atoms with Gasteiger partial charge in [0.15, 0.2) is 4.96 Å². The number of rotatable bonds is 0. The van der Waals surface area contributed by atoms with Gasteiger partial charge in [-0.3, -0.25) is 4.79 Å². The average Bonchev–Trinajstić information content (AvgIpc) is 2.77. The van der Waals surface area contributed by atoms with E-state index in [0.717, 1.165) is 15.9 Å². The molecule has 1 aromatic carbocycles. The number of hydrogen-bond donors (Lipinski definition) is 0. The maximum atomic E-state index is 12.5. The molecule has 3 heterocycles. The molecule has 0 aliphatic heterocycles. The maximum absolute atomic E-state index is 12.5. The fourth-order valence-electron chi connectivity index (χ4n) is 2.11. The van der Waals surface area contributed by atoms with Crippen LogP contribution >= 0.6 is 11.3 Å². The first-order chi connectivity index (χ1) is 8.84. The van der Waals surface area contributed by atoms with E-state index >= 15 is 0 Å². The lowest BCUT2D eigenvalue weighted by Crippen LogP contribution is -2.13. The van der Waals surface area contributed by atoms with Crippen molar-refractivity contribution in [1.29, 1.82) is 0 Å². The van der Waals surface area contributed by atoms with Crippen LogP contribution < -0.4 is 5.56 Å². The summed E-state index contributed by atoms with van der Waals surface area (Å²) in [6.45, 7) is 0. The van der Waals surface area contributed by atoms with Gasteiger partial charge in [-0.2, -0.15) is 0 Å². The molecule has 4 aromatic rings. The van der Waals surface area contributed by atoms with Gasteiger partial charge >= 0.3 is 0 Å². The molecule has 4 nitrogen and oxygen atoms in total. The summed E-state index contributed by atoms with van der Waals surface area (Å²) in [7, 11) is 0. The smallest absolute Gasteiger partial charge is 0.266 e. The van der Waals surface area contributed by atoms with E-state index in [1.54, 1.807) is 16.7 Å². The van der Waals surface area contributed by atoms with Crippen LogP contribution in [0, 0.1) is 0 Å². The summed E-state index contributed by atoms with van der Waals surface area (Å²) in [6.07, 6.45) is 1.72. The summed E-state index contributed by atoms with van der Waals surface area (Å²) in [5, 5.41) is 0.638. The van der Waals surface area contributed by atoms with Crippen molar-refractivity contribution in [2.75, 3.05) is 0 Å². The van der Waals surface area contributed by atoms with Gasteiger partial charge in [-0.25, -0.2) is 14.4 Å². The summed E-state index contributed by atoms with van der Waals surface area (Å²) < 4.78 is 1.63. The predicted octanol–water partition coefficient (Wildman–Crippen LogP) is 2.46. The lowest BCUT2D eigenvalue weighted by molar-refractivity contribution is 1.15. The third kappa shape index (κ3) is 1.16.